The highest BCUT2D eigenvalue weighted by Crippen LogP contribution is 2.28. The fraction of sp³-hybridized carbons (Fsp3) is 0.182. The van der Waals surface area contributed by atoms with E-state index in [2.05, 4.69) is 10.7 Å². The van der Waals surface area contributed by atoms with Crippen LogP contribution in [-0.2, 0) is 0 Å². The smallest absolute Gasteiger partial charge is 0.258 e. The van der Waals surface area contributed by atoms with E-state index in [1.54, 1.807) is 0 Å². The number of amides is 1. The maximum Gasteiger partial charge on any atom is 0.258 e. The molecule has 4 heteroatoms. The van der Waals surface area contributed by atoms with Crippen molar-refractivity contribution >= 4 is 11.6 Å². The quantitative estimate of drug-likeness (QED) is 0.655. The van der Waals surface area contributed by atoms with Crippen molar-refractivity contribution in [1.29, 1.82) is 0 Å². The second-order valence-electron chi connectivity index (χ2n) is 3.76. The van der Waals surface area contributed by atoms with Crippen molar-refractivity contribution in [3.8, 4) is 0 Å². The number of anilines is 1. The number of hydrogen-bond acceptors (Lipinski definition) is 3. The summed E-state index contributed by atoms with van der Waals surface area (Å²) in [6.45, 7) is 2.77. The van der Waals surface area contributed by atoms with Gasteiger partial charge in [-0.15, -0.1) is 0 Å². The Bertz CT molecular complexity index is 479. The standard InChI is InChI=1S/C11H11N3O/c1-7-2-3-8-9(6-7)14-10(4-5-12-14)13-11(8)15/h2-4,6,12H,5H2,1H3,(H,13,15). The normalized spacial score (nSPS) is 18.1. The fourth-order valence-electron chi connectivity index (χ4n) is 1.93. The summed E-state index contributed by atoms with van der Waals surface area (Å²) in [5.41, 5.74) is 5.99. The number of carbonyl (C=O) groups is 1. The molecule has 76 valence electrons. The van der Waals surface area contributed by atoms with Crippen LogP contribution in [-0.4, -0.2) is 12.5 Å². The topological polar surface area (TPSA) is 44.4 Å². The van der Waals surface area contributed by atoms with Gasteiger partial charge in [0.05, 0.1) is 11.3 Å². The summed E-state index contributed by atoms with van der Waals surface area (Å²) in [6, 6.07) is 5.82. The first kappa shape index (κ1) is 8.49. The van der Waals surface area contributed by atoms with Crippen molar-refractivity contribution in [3.63, 3.8) is 0 Å². The minimum atomic E-state index is -0.0313. The molecule has 15 heavy (non-hydrogen) atoms. The Labute approximate surface area is 87.5 Å². The van der Waals surface area contributed by atoms with Gasteiger partial charge >= 0.3 is 0 Å². The highest BCUT2D eigenvalue weighted by Gasteiger charge is 2.28. The van der Waals surface area contributed by atoms with E-state index in [-0.39, 0.29) is 5.91 Å². The zero-order valence-corrected chi connectivity index (χ0v) is 8.37. The van der Waals surface area contributed by atoms with Crippen molar-refractivity contribution in [2.45, 2.75) is 6.92 Å². The number of fused-ring (bicyclic) bond motifs is 3. The van der Waals surface area contributed by atoms with Gasteiger partial charge < -0.3 is 5.32 Å². The molecule has 0 atom stereocenters. The van der Waals surface area contributed by atoms with Crippen LogP contribution in [0, 0.1) is 6.92 Å². The summed E-state index contributed by atoms with van der Waals surface area (Å²) in [5.74, 6) is 0.800. The Hall–Kier alpha value is -1.81. The van der Waals surface area contributed by atoms with Crippen LogP contribution in [0.15, 0.2) is 30.1 Å². The number of nitrogens with zero attached hydrogens (tertiary/aromatic N) is 1. The van der Waals surface area contributed by atoms with Crippen LogP contribution >= 0.6 is 0 Å². The monoisotopic (exact) mass is 201 g/mol. The van der Waals surface area contributed by atoms with Crippen LogP contribution in [0.4, 0.5) is 5.69 Å². The molecule has 2 aliphatic rings. The number of benzene rings is 1. The maximum absolute atomic E-state index is 11.7. The maximum atomic E-state index is 11.7. The van der Waals surface area contributed by atoms with E-state index in [0.29, 0.717) is 5.56 Å². The van der Waals surface area contributed by atoms with Crippen LogP contribution in [0.25, 0.3) is 0 Å². The molecule has 0 saturated carbocycles. The predicted octanol–water partition coefficient (Wildman–Crippen LogP) is 0.904. The summed E-state index contributed by atoms with van der Waals surface area (Å²) in [4.78, 5) is 11.7. The van der Waals surface area contributed by atoms with Crippen molar-refractivity contribution in [2.75, 3.05) is 11.6 Å². The van der Waals surface area contributed by atoms with Gasteiger partial charge in [0, 0.05) is 6.54 Å². The van der Waals surface area contributed by atoms with Gasteiger partial charge in [0.25, 0.3) is 5.91 Å². The van der Waals surface area contributed by atoms with Gasteiger partial charge in [-0.25, -0.2) is 5.43 Å². The van der Waals surface area contributed by atoms with Gasteiger partial charge in [0.15, 0.2) is 0 Å². The minimum Gasteiger partial charge on any atom is -0.307 e. The molecule has 0 unspecified atom stereocenters. The fourth-order valence-corrected chi connectivity index (χ4v) is 1.93. The number of hydrogen-bond donors (Lipinski definition) is 2. The summed E-state index contributed by atoms with van der Waals surface area (Å²) in [6.07, 6.45) is 1.96. The van der Waals surface area contributed by atoms with E-state index in [1.165, 1.54) is 0 Å². The molecule has 0 saturated heterocycles. The van der Waals surface area contributed by atoms with Gasteiger partial charge in [-0.3, -0.25) is 9.80 Å². The SMILES string of the molecule is Cc1ccc2c(c1)N1NCC=C1NC2=O. The lowest BCUT2D eigenvalue weighted by atomic mass is 10.1. The van der Waals surface area contributed by atoms with E-state index < -0.39 is 0 Å². The molecule has 2 N–H and O–H groups in total. The van der Waals surface area contributed by atoms with E-state index in [9.17, 15) is 4.79 Å². The lowest BCUT2D eigenvalue weighted by Crippen LogP contribution is -2.44. The molecular weight excluding hydrogens is 190 g/mol. The third-order valence-corrected chi connectivity index (χ3v) is 2.67. The Morgan fingerprint density at radius 3 is 3.13 bits per heavy atom. The molecule has 0 fully saturated rings. The number of rotatable bonds is 0. The van der Waals surface area contributed by atoms with Gasteiger partial charge in [-0.05, 0) is 30.7 Å². The molecule has 0 radical (unpaired) electrons. The van der Waals surface area contributed by atoms with Crippen molar-refractivity contribution < 1.29 is 4.79 Å². The molecule has 3 rings (SSSR count). The molecule has 1 aromatic rings. The van der Waals surface area contributed by atoms with Crippen LogP contribution in [0.2, 0.25) is 0 Å². The Morgan fingerprint density at radius 1 is 1.40 bits per heavy atom. The molecule has 0 aromatic heterocycles. The van der Waals surface area contributed by atoms with Gasteiger partial charge in [0.2, 0.25) is 0 Å². The molecule has 4 nitrogen and oxygen atoms in total. The van der Waals surface area contributed by atoms with E-state index in [4.69, 9.17) is 0 Å². The minimum absolute atomic E-state index is 0.0313. The molecule has 2 heterocycles. The number of aryl methyl sites for hydroxylation is 1. The highest BCUT2D eigenvalue weighted by atomic mass is 16.2. The number of carbonyl (C=O) groups excluding carboxylic acids is 1. The molecule has 2 aliphatic heterocycles. The highest BCUT2D eigenvalue weighted by molar-refractivity contribution is 6.03. The molecule has 1 amide bonds. The summed E-state index contributed by atoms with van der Waals surface area (Å²) in [7, 11) is 0. The second-order valence-corrected chi connectivity index (χ2v) is 3.76. The lowest BCUT2D eigenvalue weighted by Gasteiger charge is -2.29. The van der Waals surface area contributed by atoms with Crippen LogP contribution in [0.1, 0.15) is 15.9 Å². The first-order valence-electron chi connectivity index (χ1n) is 4.91. The predicted molar refractivity (Wildman–Crippen MR) is 57.2 cm³/mol. The van der Waals surface area contributed by atoms with Crippen molar-refractivity contribution in [3.05, 3.63) is 41.2 Å². The Morgan fingerprint density at radius 2 is 2.27 bits per heavy atom. The van der Waals surface area contributed by atoms with Crippen molar-refractivity contribution in [1.82, 2.24) is 10.7 Å². The van der Waals surface area contributed by atoms with Crippen molar-refractivity contribution in [2.24, 2.45) is 0 Å². The zero-order valence-electron chi connectivity index (χ0n) is 8.37. The first-order chi connectivity index (χ1) is 7.25. The average molecular weight is 201 g/mol. The largest absolute Gasteiger partial charge is 0.307 e. The molecule has 0 bridgehead atoms. The Kier molecular flexibility index (Phi) is 1.61. The summed E-state index contributed by atoms with van der Waals surface area (Å²) >= 11 is 0. The van der Waals surface area contributed by atoms with Crippen LogP contribution in [0.5, 0.6) is 0 Å². The summed E-state index contributed by atoms with van der Waals surface area (Å²) < 4.78 is 0. The Balaban J connectivity index is 2.20. The first-order valence-corrected chi connectivity index (χ1v) is 4.91. The average Bonchev–Trinajstić information content (AvgIpc) is 2.65. The molecule has 1 aromatic carbocycles. The molecular formula is C11H11N3O. The number of nitrogens with one attached hydrogen (secondary N) is 2. The third-order valence-electron chi connectivity index (χ3n) is 2.67. The summed E-state index contributed by atoms with van der Waals surface area (Å²) in [5, 5.41) is 4.76. The van der Waals surface area contributed by atoms with E-state index in [0.717, 1.165) is 23.6 Å². The van der Waals surface area contributed by atoms with Crippen LogP contribution in [0.3, 0.4) is 0 Å². The van der Waals surface area contributed by atoms with Gasteiger partial charge in [-0.2, -0.15) is 0 Å². The number of hydrazine groups is 1. The van der Waals surface area contributed by atoms with E-state index in [1.807, 2.05) is 36.2 Å². The lowest BCUT2D eigenvalue weighted by molar-refractivity contribution is 0.0960. The van der Waals surface area contributed by atoms with Gasteiger partial charge in [-0.1, -0.05) is 6.07 Å². The van der Waals surface area contributed by atoms with Crippen LogP contribution < -0.4 is 15.8 Å². The zero-order chi connectivity index (χ0) is 10.4. The third kappa shape index (κ3) is 1.15. The van der Waals surface area contributed by atoms with E-state index >= 15 is 0 Å². The second kappa shape index (κ2) is 2.84. The molecule has 0 spiro atoms. The van der Waals surface area contributed by atoms with Gasteiger partial charge in [0.1, 0.15) is 5.82 Å². The molecule has 0 aliphatic carbocycles.